The molecular formula is C15H23N5O2. The van der Waals surface area contributed by atoms with Crippen LogP contribution in [0, 0.1) is 0 Å². The van der Waals surface area contributed by atoms with Gasteiger partial charge in [-0.2, -0.15) is 0 Å². The second-order valence-electron chi connectivity index (χ2n) is 5.93. The summed E-state index contributed by atoms with van der Waals surface area (Å²) >= 11 is 0. The molecule has 0 radical (unpaired) electrons. The summed E-state index contributed by atoms with van der Waals surface area (Å²) in [4.78, 5) is 29.8. The van der Waals surface area contributed by atoms with Crippen molar-refractivity contribution in [2.45, 2.75) is 52.2 Å². The highest BCUT2D eigenvalue weighted by atomic mass is 16.2. The average Bonchev–Trinajstić information content (AvgIpc) is 3.16. The van der Waals surface area contributed by atoms with Crippen LogP contribution in [0.1, 0.15) is 45.7 Å². The molecule has 3 heterocycles. The second-order valence-corrected chi connectivity index (χ2v) is 5.93. The molecule has 3 rings (SSSR count). The molecule has 120 valence electrons. The molecule has 2 aromatic rings. The van der Waals surface area contributed by atoms with Gasteiger partial charge in [0.05, 0.1) is 6.33 Å². The molecule has 0 spiro atoms. The van der Waals surface area contributed by atoms with E-state index in [1.54, 1.807) is 10.9 Å². The van der Waals surface area contributed by atoms with Crippen LogP contribution in [0.5, 0.6) is 0 Å². The zero-order valence-electron chi connectivity index (χ0n) is 13.4. The molecule has 2 aromatic heterocycles. The summed E-state index contributed by atoms with van der Waals surface area (Å²) in [5.74, 6) is 0. The van der Waals surface area contributed by atoms with E-state index in [9.17, 15) is 9.59 Å². The number of nitrogens with one attached hydrogen (secondary N) is 1. The van der Waals surface area contributed by atoms with Gasteiger partial charge in [-0.3, -0.25) is 13.9 Å². The zero-order chi connectivity index (χ0) is 15.9. The van der Waals surface area contributed by atoms with Gasteiger partial charge in [0, 0.05) is 25.2 Å². The molecule has 2 unspecified atom stereocenters. The van der Waals surface area contributed by atoms with Crippen molar-refractivity contribution in [1.29, 1.82) is 0 Å². The van der Waals surface area contributed by atoms with Crippen LogP contribution in [-0.4, -0.2) is 31.8 Å². The quantitative estimate of drug-likeness (QED) is 0.910. The monoisotopic (exact) mass is 305 g/mol. The van der Waals surface area contributed by atoms with Crippen LogP contribution in [-0.2, 0) is 6.54 Å². The van der Waals surface area contributed by atoms with Crippen LogP contribution in [0.4, 0.5) is 0 Å². The van der Waals surface area contributed by atoms with Crippen molar-refractivity contribution in [3.8, 4) is 0 Å². The van der Waals surface area contributed by atoms with E-state index in [0.29, 0.717) is 17.7 Å². The number of imidazole rings is 1. The van der Waals surface area contributed by atoms with Crippen molar-refractivity contribution in [3.05, 3.63) is 27.2 Å². The highest BCUT2D eigenvalue weighted by molar-refractivity contribution is 5.70. The molecule has 0 bridgehead atoms. The standard InChI is InChI=1S/C15H23N5O2/c1-4-10(3)20-13-12(14(21)18(5-2)15(20)22)19(9-17-13)11-6-7-16-8-11/h9-11,16H,4-8H2,1-3H3. The molecule has 0 aromatic carbocycles. The van der Waals surface area contributed by atoms with E-state index >= 15 is 0 Å². The molecule has 1 aliphatic heterocycles. The summed E-state index contributed by atoms with van der Waals surface area (Å²) in [7, 11) is 0. The zero-order valence-corrected chi connectivity index (χ0v) is 13.4. The highest BCUT2D eigenvalue weighted by Gasteiger charge is 2.24. The molecule has 2 atom stereocenters. The van der Waals surface area contributed by atoms with Gasteiger partial charge >= 0.3 is 5.69 Å². The third kappa shape index (κ3) is 2.11. The number of aromatic nitrogens is 4. The van der Waals surface area contributed by atoms with Gasteiger partial charge < -0.3 is 9.88 Å². The fraction of sp³-hybridized carbons (Fsp3) is 0.667. The fourth-order valence-corrected chi connectivity index (χ4v) is 3.18. The molecule has 7 nitrogen and oxygen atoms in total. The van der Waals surface area contributed by atoms with Gasteiger partial charge in [-0.25, -0.2) is 9.78 Å². The summed E-state index contributed by atoms with van der Waals surface area (Å²) in [5, 5.41) is 3.31. The molecular weight excluding hydrogens is 282 g/mol. The Bertz CT molecular complexity index is 795. The Morgan fingerprint density at radius 3 is 2.77 bits per heavy atom. The highest BCUT2D eigenvalue weighted by Crippen LogP contribution is 2.21. The predicted octanol–water partition coefficient (Wildman–Crippen LogP) is 0.885. The predicted molar refractivity (Wildman–Crippen MR) is 85.5 cm³/mol. The van der Waals surface area contributed by atoms with E-state index in [0.717, 1.165) is 25.9 Å². The third-order valence-corrected chi connectivity index (χ3v) is 4.66. The number of hydrogen-bond donors (Lipinski definition) is 1. The first-order valence-corrected chi connectivity index (χ1v) is 8.02. The lowest BCUT2D eigenvalue weighted by atomic mass is 10.2. The van der Waals surface area contributed by atoms with Crippen LogP contribution < -0.4 is 16.6 Å². The lowest BCUT2D eigenvalue weighted by Crippen LogP contribution is -2.41. The summed E-state index contributed by atoms with van der Waals surface area (Å²) in [6.45, 7) is 7.99. The van der Waals surface area contributed by atoms with Crippen molar-refractivity contribution in [3.63, 3.8) is 0 Å². The molecule has 1 fully saturated rings. The summed E-state index contributed by atoms with van der Waals surface area (Å²) in [6.07, 6.45) is 3.50. The Morgan fingerprint density at radius 2 is 2.18 bits per heavy atom. The molecule has 22 heavy (non-hydrogen) atoms. The minimum atomic E-state index is -0.260. The third-order valence-electron chi connectivity index (χ3n) is 4.66. The van der Waals surface area contributed by atoms with Gasteiger partial charge in [0.25, 0.3) is 5.56 Å². The van der Waals surface area contributed by atoms with Crippen LogP contribution in [0.15, 0.2) is 15.9 Å². The molecule has 0 aliphatic carbocycles. The minimum Gasteiger partial charge on any atom is -0.320 e. The van der Waals surface area contributed by atoms with Gasteiger partial charge in [-0.05, 0) is 33.2 Å². The van der Waals surface area contributed by atoms with E-state index in [1.807, 2.05) is 25.3 Å². The SMILES string of the molecule is CCC(C)n1c(=O)n(CC)c(=O)c2c1ncn2C1CCNC1. The van der Waals surface area contributed by atoms with Crippen molar-refractivity contribution < 1.29 is 0 Å². The first-order chi connectivity index (χ1) is 10.6. The van der Waals surface area contributed by atoms with Crippen molar-refractivity contribution in [2.75, 3.05) is 13.1 Å². The van der Waals surface area contributed by atoms with Crippen LogP contribution in [0.25, 0.3) is 11.2 Å². The minimum absolute atomic E-state index is 0.0125. The van der Waals surface area contributed by atoms with E-state index in [2.05, 4.69) is 10.3 Å². The topological polar surface area (TPSA) is 73.8 Å². The smallest absolute Gasteiger partial charge is 0.320 e. The first kappa shape index (κ1) is 15.0. The van der Waals surface area contributed by atoms with E-state index < -0.39 is 0 Å². The Balaban J connectivity index is 2.36. The van der Waals surface area contributed by atoms with Gasteiger partial charge in [0.2, 0.25) is 0 Å². The van der Waals surface area contributed by atoms with Gasteiger partial charge in [-0.15, -0.1) is 0 Å². The normalized spacial score (nSPS) is 19.9. The van der Waals surface area contributed by atoms with Crippen LogP contribution in [0.3, 0.4) is 0 Å². The number of nitrogens with zero attached hydrogens (tertiary/aromatic N) is 4. The molecule has 0 saturated carbocycles. The molecule has 1 aliphatic rings. The van der Waals surface area contributed by atoms with Crippen LogP contribution in [0.2, 0.25) is 0 Å². The van der Waals surface area contributed by atoms with Crippen molar-refractivity contribution >= 4 is 11.2 Å². The van der Waals surface area contributed by atoms with Gasteiger partial charge in [0.1, 0.15) is 0 Å². The maximum absolute atomic E-state index is 12.8. The summed E-state index contributed by atoms with van der Waals surface area (Å²) in [6, 6.07) is 0.240. The Labute approximate surface area is 128 Å². The van der Waals surface area contributed by atoms with Crippen molar-refractivity contribution in [2.24, 2.45) is 0 Å². The van der Waals surface area contributed by atoms with Gasteiger partial charge in [0.15, 0.2) is 11.2 Å². The van der Waals surface area contributed by atoms with Gasteiger partial charge in [-0.1, -0.05) is 6.92 Å². The molecule has 7 heteroatoms. The van der Waals surface area contributed by atoms with E-state index in [-0.39, 0.29) is 23.3 Å². The average molecular weight is 305 g/mol. The summed E-state index contributed by atoms with van der Waals surface area (Å²) in [5.41, 5.74) is 0.576. The summed E-state index contributed by atoms with van der Waals surface area (Å²) < 4.78 is 4.93. The first-order valence-electron chi connectivity index (χ1n) is 8.02. The van der Waals surface area contributed by atoms with Crippen LogP contribution >= 0.6 is 0 Å². The number of hydrogen-bond acceptors (Lipinski definition) is 4. The molecule has 0 amide bonds. The fourth-order valence-electron chi connectivity index (χ4n) is 3.18. The second kappa shape index (κ2) is 5.72. The maximum atomic E-state index is 12.8. The largest absolute Gasteiger partial charge is 0.332 e. The Morgan fingerprint density at radius 1 is 1.41 bits per heavy atom. The van der Waals surface area contributed by atoms with Crippen molar-refractivity contribution in [1.82, 2.24) is 24.0 Å². The Hall–Kier alpha value is -1.89. The molecule has 1 N–H and O–H groups in total. The lowest BCUT2D eigenvalue weighted by Gasteiger charge is -2.17. The molecule has 1 saturated heterocycles. The number of fused-ring (bicyclic) bond motifs is 1. The number of rotatable bonds is 4. The van der Waals surface area contributed by atoms with E-state index in [4.69, 9.17) is 0 Å². The Kier molecular flexibility index (Phi) is 3.90. The maximum Gasteiger partial charge on any atom is 0.332 e. The van der Waals surface area contributed by atoms with E-state index in [1.165, 1.54) is 4.57 Å². The lowest BCUT2D eigenvalue weighted by molar-refractivity contribution is 0.487.